The molecule has 0 spiro atoms. The van der Waals surface area contributed by atoms with Crippen molar-refractivity contribution in [3.63, 3.8) is 0 Å². The van der Waals surface area contributed by atoms with Gasteiger partial charge in [-0.2, -0.15) is 0 Å². The molecule has 0 bridgehead atoms. The SMILES string of the molecule is OC[C@@H]1[C@H](CO)[C@@]1(O)CO. The normalized spacial score (nSPS) is 45.6. The first-order valence-electron chi connectivity index (χ1n) is 3.25. The van der Waals surface area contributed by atoms with E-state index in [1.807, 2.05) is 0 Å². The monoisotopic (exact) mass is 148 g/mol. The molecule has 4 nitrogen and oxygen atoms in total. The van der Waals surface area contributed by atoms with Crippen LogP contribution in [0.2, 0.25) is 0 Å². The Hall–Kier alpha value is -0.160. The fourth-order valence-corrected chi connectivity index (χ4v) is 1.39. The molecule has 0 heterocycles. The highest BCUT2D eigenvalue weighted by Gasteiger charge is 2.62. The maximum absolute atomic E-state index is 9.29. The molecule has 0 aromatic heterocycles. The highest BCUT2D eigenvalue weighted by Crippen LogP contribution is 2.49. The van der Waals surface area contributed by atoms with Crippen LogP contribution in [0.1, 0.15) is 0 Å². The zero-order valence-corrected chi connectivity index (χ0v) is 5.56. The van der Waals surface area contributed by atoms with Crippen molar-refractivity contribution in [2.45, 2.75) is 5.60 Å². The first kappa shape index (κ1) is 7.94. The van der Waals surface area contributed by atoms with Crippen LogP contribution in [0, 0.1) is 11.8 Å². The Morgan fingerprint density at radius 3 is 1.50 bits per heavy atom. The van der Waals surface area contributed by atoms with Gasteiger partial charge >= 0.3 is 0 Å². The molecule has 1 aliphatic rings. The molecular formula is C6H12O4. The zero-order valence-electron chi connectivity index (χ0n) is 5.56. The van der Waals surface area contributed by atoms with E-state index in [1.54, 1.807) is 0 Å². The molecule has 0 unspecified atom stereocenters. The van der Waals surface area contributed by atoms with Gasteiger partial charge in [-0.25, -0.2) is 0 Å². The van der Waals surface area contributed by atoms with E-state index in [-0.39, 0.29) is 31.7 Å². The number of hydrogen-bond donors (Lipinski definition) is 4. The second-order valence-electron chi connectivity index (χ2n) is 2.73. The number of aliphatic hydroxyl groups is 4. The van der Waals surface area contributed by atoms with Crippen molar-refractivity contribution in [1.29, 1.82) is 0 Å². The Morgan fingerprint density at radius 2 is 1.40 bits per heavy atom. The van der Waals surface area contributed by atoms with Crippen LogP contribution >= 0.6 is 0 Å². The molecule has 0 amide bonds. The van der Waals surface area contributed by atoms with Crippen molar-refractivity contribution >= 4 is 0 Å². The van der Waals surface area contributed by atoms with Gasteiger partial charge in [-0.15, -0.1) is 0 Å². The molecule has 0 aromatic rings. The molecule has 1 fully saturated rings. The van der Waals surface area contributed by atoms with Crippen LogP contribution in [-0.4, -0.2) is 45.8 Å². The number of rotatable bonds is 3. The molecule has 1 aliphatic carbocycles. The molecular weight excluding hydrogens is 136 g/mol. The summed E-state index contributed by atoms with van der Waals surface area (Å²) in [5.74, 6) is -0.690. The van der Waals surface area contributed by atoms with Crippen LogP contribution in [0.15, 0.2) is 0 Å². The van der Waals surface area contributed by atoms with Crippen molar-refractivity contribution in [3.05, 3.63) is 0 Å². The van der Waals surface area contributed by atoms with Gasteiger partial charge in [0, 0.05) is 25.0 Å². The van der Waals surface area contributed by atoms with Gasteiger partial charge in [0.05, 0.1) is 12.2 Å². The summed E-state index contributed by atoms with van der Waals surface area (Å²) in [6, 6.07) is 0. The van der Waals surface area contributed by atoms with E-state index in [0.29, 0.717) is 0 Å². The maximum atomic E-state index is 9.29. The number of hydrogen-bond acceptors (Lipinski definition) is 4. The van der Waals surface area contributed by atoms with Crippen molar-refractivity contribution in [2.75, 3.05) is 19.8 Å². The predicted octanol–water partition coefficient (Wildman–Crippen LogP) is -2.06. The topological polar surface area (TPSA) is 80.9 Å². The summed E-state index contributed by atoms with van der Waals surface area (Å²) in [4.78, 5) is 0. The summed E-state index contributed by atoms with van der Waals surface area (Å²) in [7, 11) is 0. The lowest BCUT2D eigenvalue weighted by Gasteiger charge is -2.03. The third-order valence-corrected chi connectivity index (χ3v) is 2.31. The largest absolute Gasteiger partial charge is 0.396 e. The summed E-state index contributed by atoms with van der Waals surface area (Å²) < 4.78 is 0. The Bertz CT molecular complexity index is 115. The molecule has 4 N–H and O–H groups in total. The summed E-state index contributed by atoms with van der Waals surface area (Å²) in [5.41, 5.74) is -1.22. The molecule has 1 rings (SSSR count). The van der Waals surface area contributed by atoms with Crippen LogP contribution in [0.5, 0.6) is 0 Å². The Morgan fingerprint density at radius 1 is 1.00 bits per heavy atom. The van der Waals surface area contributed by atoms with E-state index in [4.69, 9.17) is 15.3 Å². The molecule has 3 atom stereocenters. The van der Waals surface area contributed by atoms with E-state index in [2.05, 4.69) is 0 Å². The Balaban J connectivity index is 2.50. The van der Waals surface area contributed by atoms with Crippen LogP contribution in [0.25, 0.3) is 0 Å². The second-order valence-corrected chi connectivity index (χ2v) is 2.73. The summed E-state index contributed by atoms with van der Waals surface area (Å²) >= 11 is 0. The molecule has 0 saturated heterocycles. The zero-order chi connectivity index (χ0) is 7.78. The highest BCUT2D eigenvalue weighted by molar-refractivity contribution is 5.11. The third kappa shape index (κ3) is 0.845. The third-order valence-electron chi connectivity index (χ3n) is 2.31. The smallest absolute Gasteiger partial charge is 0.0986 e. The van der Waals surface area contributed by atoms with E-state index in [0.717, 1.165) is 0 Å². The molecule has 10 heavy (non-hydrogen) atoms. The summed E-state index contributed by atoms with van der Waals surface area (Å²) in [6.07, 6.45) is 0. The molecule has 4 heteroatoms. The van der Waals surface area contributed by atoms with E-state index >= 15 is 0 Å². The lowest BCUT2D eigenvalue weighted by Crippen LogP contribution is -2.20. The second kappa shape index (κ2) is 2.47. The van der Waals surface area contributed by atoms with Crippen molar-refractivity contribution in [1.82, 2.24) is 0 Å². The van der Waals surface area contributed by atoms with Gasteiger partial charge in [0.1, 0.15) is 0 Å². The Labute approximate surface area is 58.7 Å². The van der Waals surface area contributed by atoms with Crippen molar-refractivity contribution < 1.29 is 20.4 Å². The van der Waals surface area contributed by atoms with Gasteiger partial charge in [-0.3, -0.25) is 0 Å². The van der Waals surface area contributed by atoms with Crippen LogP contribution in [-0.2, 0) is 0 Å². The molecule has 0 radical (unpaired) electrons. The first-order valence-corrected chi connectivity index (χ1v) is 3.25. The quantitative estimate of drug-likeness (QED) is 0.371. The summed E-state index contributed by atoms with van der Waals surface area (Å²) in [5, 5.41) is 35.1. The van der Waals surface area contributed by atoms with Gasteiger partial charge in [0.2, 0.25) is 0 Å². The van der Waals surface area contributed by atoms with Crippen LogP contribution in [0.4, 0.5) is 0 Å². The fraction of sp³-hybridized carbons (Fsp3) is 1.00. The molecule has 60 valence electrons. The lowest BCUT2D eigenvalue weighted by molar-refractivity contribution is 0.0358. The van der Waals surface area contributed by atoms with Crippen molar-refractivity contribution in [3.8, 4) is 0 Å². The van der Waals surface area contributed by atoms with Gasteiger partial charge < -0.3 is 20.4 Å². The average molecular weight is 148 g/mol. The average Bonchev–Trinajstić information content (AvgIpc) is 2.56. The minimum absolute atomic E-state index is 0.178. The van der Waals surface area contributed by atoms with Crippen LogP contribution < -0.4 is 0 Å². The molecule has 0 aromatic carbocycles. The van der Waals surface area contributed by atoms with Gasteiger partial charge in [0.25, 0.3) is 0 Å². The van der Waals surface area contributed by atoms with E-state index in [1.165, 1.54) is 0 Å². The van der Waals surface area contributed by atoms with Crippen molar-refractivity contribution in [2.24, 2.45) is 11.8 Å². The summed E-state index contributed by atoms with van der Waals surface area (Å²) in [6.45, 7) is -0.742. The number of aliphatic hydroxyl groups excluding tert-OH is 3. The minimum atomic E-state index is -1.22. The predicted molar refractivity (Wildman–Crippen MR) is 33.2 cm³/mol. The maximum Gasteiger partial charge on any atom is 0.0986 e. The lowest BCUT2D eigenvalue weighted by atomic mass is 10.3. The fourth-order valence-electron chi connectivity index (χ4n) is 1.39. The molecule has 0 aliphatic heterocycles. The molecule has 1 saturated carbocycles. The van der Waals surface area contributed by atoms with Gasteiger partial charge in [0.15, 0.2) is 0 Å². The van der Waals surface area contributed by atoms with Gasteiger partial charge in [-0.05, 0) is 0 Å². The highest BCUT2D eigenvalue weighted by atomic mass is 16.3. The minimum Gasteiger partial charge on any atom is -0.396 e. The first-order chi connectivity index (χ1) is 4.70. The standard InChI is InChI=1S/C6H12O4/c7-1-4-5(2-8)6(4,10)3-9/h4-5,7-10H,1-3H2/t4-,5+,6-. The van der Waals surface area contributed by atoms with E-state index in [9.17, 15) is 5.11 Å². The van der Waals surface area contributed by atoms with Gasteiger partial charge in [-0.1, -0.05) is 0 Å². The Kier molecular flexibility index (Phi) is 1.96. The van der Waals surface area contributed by atoms with E-state index < -0.39 is 5.60 Å². The van der Waals surface area contributed by atoms with Crippen LogP contribution in [0.3, 0.4) is 0 Å².